The van der Waals surface area contributed by atoms with E-state index in [0.717, 1.165) is 6.54 Å². The van der Waals surface area contributed by atoms with Crippen molar-refractivity contribution in [1.29, 1.82) is 0 Å². The fourth-order valence-electron chi connectivity index (χ4n) is 2.34. The summed E-state index contributed by atoms with van der Waals surface area (Å²) in [5.41, 5.74) is 0.431. The Morgan fingerprint density at radius 1 is 1.22 bits per heavy atom. The van der Waals surface area contributed by atoms with Crippen molar-refractivity contribution < 1.29 is 9.59 Å². The summed E-state index contributed by atoms with van der Waals surface area (Å²) in [6.07, 6.45) is 0. The number of halogens is 1. The van der Waals surface area contributed by atoms with Crippen LogP contribution < -0.4 is 10.6 Å². The van der Waals surface area contributed by atoms with Crippen LogP contribution in [0, 0.1) is 5.41 Å². The molecule has 23 heavy (non-hydrogen) atoms. The molecule has 0 spiro atoms. The van der Waals surface area contributed by atoms with Crippen LogP contribution in [0.25, 0.3) is 0 Å². The fourth-order valence-corrected chi connectivity index (χ4v) is 2.46. The molecule has 0 aliphatic heterocycles. The van der Waals surface area contributed by atoms with Gasteiger partial charge in [0.05, 0.1) is 0 Å². The van der Waals surface area contributed by atoms with E-state index in [4.69, 9.17) is 11.6 Å². The SMILES string of the molecule is CC(NC(=O)c1ccc(Cl)cc1)C(=O)NCC(C)(C)CN(C)C. The Bertz CT molecular complexity index is 541. The van der Waals surface area contributed by atoms with Crippen molar-refractivity contribution in [2.45, 2.75) is 26.8 Å². The molecule has 1 rings (SSSR count). The molecular weight excluding hydrogens is 314 g/mol. The molecule has 0 heterocycles. The van der Waals surface area contributed by atoms with Crippen molar-refractivity contribution in [2.24, 2.45) is 5.41 Å². The third-order valence-corrected chi connectivity index (χ3v) is 3.58. The largest absolute Gasteiger partial charge is 0.354 e. The van der Waals surface area contributed by atoms with Gasteiger partial charge in [-0.2, -0.15) is 0 Å². The van der Waals surface area contributed by atoms with E-state index >= 15 is 0 Å². The molecule has 0 aliphatic carbocycles. The highest BCUT2D eigenvalue weighted by Crippen LogP contribution is 2.14. The molecule has 0 saturated heterocycles. The van der Waals surface area contributed by atoms with E-state index in [1.54, 1.807) is 31.2 Å². The van der Waals surface area contributed by atoms with E-state index in [1.807, 2.05) is 14.1 Å². The van der Waals surface area contributed by atoms with Gasteiger partial charge in [-0.1, -0.05) is 25.4 Å². The summed E-state index contributed by atoms with van der Waals surface area (Å²) in [7, 11) is 4.00. The first kappa shape index (κ1) is 19.5. The van der Waals surface area contributed by atoms with Crippen LogP contribution in [0.5, 0.6) is 0 Å². The molecule has 1 aromatic rings. The maximum atomic E-state index is 12.1. The van der Waals surface area contributed by atoms with Gasteiger partial charge in [0.1, 0.15) is 6.04 Å². The molecule has 5 nitrogen and oxygen atoms in total. The van der Waals surface area contributed by atoms with Crippen LogP contribution in [0.1, 0.15) is 31.1 Å². The predicted octanol–water partition coefficient (Wildman–Crippen LogP) is 2.16. The van der Waals surface area contributed by atoms with Gasteiger partial charge in [0.15, 0.2) is 0 Å². The van der Waals surface area contributed by atoms with Crippen molar-refractivity contribution >= 4 is 23.4 Å². The molecule has 0 fully saturated rings. The van der Waals surface area contributed by atoms with Crippen LogP contribution in [0.4, 0.5) is 0 Å². The molecule has 0 aliphatic rings. The summed E-state index contributed by atoms with van der Waals surface area (Å²) >= 11 is 5.79. The predicted molar refractivity (Wildman–Crippen MR) is 93.7 cm³/mol. The molecule has 2 amide bonds. The summed E-state index contributed by atoms with van der Waals surface area (Å²) in [5.74, 6) is -0.490. The lowest BCUT2D eigenvalue weighted by molar-refractivity contribution is -0.123. The van der Waals surface area contributed by atoms with Crippen LogP contribution in [-0.2, 0) is 4.79 Å². The van der Waals surface area contributed by atoms with Gasteiger partial charge >= 0.3 is 0 Å². The van der Waals surface area contributed by atoms with Gasteiger partial charge in [-0.05, 0) is 50.7 Å². The lowest BCUT2D eigenvalue weighted by Crippen LogP contribution is -2.48. The Hall–Kier alpha value is -1.59. The fraction of sp³-hybridized carbons (Fsp3) is 0.529. The van der Waals surface area contributed by atoms with Crippen LogP contribution >= 0.6 is 11.6 Å². The number of hydrogen-bond acceptors (Lipinski definition) is 3. The highest BCUT2D eigenvalue weighted by atomic mass is 35.5. The van der Waals surface area contributed by atoms with Crippen molar-refractivity contribution in [3.8, 4) is 0 Å². The maximum absolute atomic E-state index is 12.1. The Morgan fingerprint density at radius 3 is 2.30 bits per heavy atom. The van der Waals surface area contributed by atoms with Gasteiger partial charge < -0.3 is 15.5 Å². The second-order valence-electron chi connectivity index (χ2n) is 6.82. The van der Waals surface area contributed by atoms with E-state index in [0.29, 0.717) is 17.1 Å². The first-order valence-electron chi connectivity index (χ1n) is 7.59. The second-order valence-corrected chi connectivity index (χ2v) is 7.26. The number of benzene rings is 1. The Labute approximate surface area is 143 Å². The smallest absolute Gasteiger partial charge is 0.251 e. The molecule has 1 aromatic carbocycles. The van der Waals surface area contributed by atoms with Crippen LogP contribution in [-0.4, -0.2) is 49.9 Å². The first-order chi connectivity index (χ1) is 10.6. The highest BCUT2D eigenvalue weighted by molar-refractivity contribution is 6.30. The average molecular weight is 340 g/mol. The normalized spacial score (nSPS) is 12.8. The Balaban J connectivity index is 2.50. The minimum atomic E-state index is -0.603. The second kappa shape index (κ2) is 8.31. The van der Waals surface area contributed by atoms with Gasteiger partial charge in [0, 0.05) is 23.7 Å². The molecule has 0 saturated carbocycles. The van der Waals surface area contributed by atoms with E-state index in [1.165, 1.54) is 0 Å². The van der Waals surface area contributed by atoms with Gasteiger partial charge in [-0.15, -0.1) is 0 Å². The molecule has 0 bridgehead atoms. The van der Waals surface area contributed by atoms with E-state index in [9.17, 15) is 9.59 Å². The van der Waals surface area contributed by atoms with Crippen molar-refractivity contribution in [2.75, 3.05) is 27.2 Å². The maximum Gasteiger partial charge on any atom is 0.251 e. The van der Waals surface area contributed by atoms with Gasteiger partial charge in [0.25, 0.3) is 5.91 Å². The summed E-state index contributed by atoms with van der Waals surface area (Å²) in [6.45, 7) is 7.25. The van der Waals surface area contributed by atoms with Crippen LogP contribution in [0.2, 0.25) is 5.02 Å². The number of hydrogen-bond donors (Lipinski definition) is 2. The minimum Gasteiger partial charge on any atom is -0.354 e. The topological polar surface area (TPSA) is 61.4 Å². The van der Waals surface area contributed by atoms with Crippen molar-refractivity contribution in [3.63, 3.8) is 0 Å². The van der Waals surface area contributed by atoms with E-state index in [-0.39, 0.29) is 17.2 Å². The zero-order valence-electron chi connectivity index (χ0n) is 14.4. The number of carbonyl (C=O) groups is 2. The molecule has 0 radical (unpaired) electrons. The lowest BCUT2D eigenvalue weighted by atomic mass is 9.93. The molecule has 1 atom stereocenters. The quantitative estimate of drug-likeness (QED) is 0.800. The third kappa shape index (κ3) is 7.01. The summed E-state index contributed by atoms with van der Waals surface area (Å²) in [5, 5.41) is 6.15. The molecular formula is C17H26ClN3O2. The van der Waals surface area contributed by atoms with Crippen LogP contribution in [0.3, 0.4) is 0 Å². The summed E-state index contributed by atoms with van der Waals surface area (Å²) in [6, 6.07) is 5.94. The highest BCUT2D eigenvalue weighted by Gasteiger charge is 2.22. The van der Waals surface area contributed by atoms with Gasteiger partial charge in [0.2, 0.25) is 5.91 Å². The zero-order chi connectivity index (χ0) is 17.6. The van der Waals surface area contributed by atoms with Crippen molar-refractivity contribution in [3.05, 3.63) is 34.9 Å². The molecule has 0 aromatic heterocycles. The summed E-state index contributed by atoms with van der Waals surface area (Å²) < 4.78 is 0. The zero-order valence-corrected chi connectivity index (χ0v) is 15.2. The molecule has 1 unspecified atom stereocenters. The average Bonchev–Trinajstić information content (AvgIpc) is 2.44. The number of rotatable bonds is 7. The number of carbonyl (C=O) groups excluding carboxylic acids is 2. The Kier molecular flexibility index (Phi) is 7.03. The minimum absolute atomic E-state index is 0.0426. The van der Waals surface area contributed by atoms with Gasteiger partial charge in [-0.3, -0.25) is 9.59 Å². The Morgan fingerprint density at radius 2 is 1.78 bits per heavy atom. The van der Waals surface area contributed by atoms with Gasteiger partial charge in [-0.25, -0.2) is 0 Å². The van der Waals surface area contributed by atoms with Crippen LogP contribution in [0.15, 0.2) is 24.3 Å². The summed E-state index contributed by atoms with van der Waals surface area (Å²) in [4.78, 5) is 26.3. The lowest BCUT2D eigenvalue weighted by Gasteiger charge is -2.29. The number of nitrogens with zero attached hydrogens (tertiary/aromatic N) is 1. The monoisotopic (exact) mass is 339 g/mol. The number of amides is 2. The van der Waals surface area contributed by atoms with E-state index < -0.39 is 6.04 Å². The number of nitrogens with one attached hydrogen (secondary N) is 2. The third-order valence-electron chi connectivity index (χ3n) is 3.33. The van der Waals surface area contributed by atoms with E-state index in [2.05, 4.69) is 29.4 Å². The molecule has 128 valence electrons. The first-order valence-corrected chi connectivity index (χ1v) is 7.97. The van der Waals surface area contributed by atoms with Crippen molar-refractivity contribution in [1.82, 2.24) is 15.5 Å². The molecule has 6 heteroatoms. The molecule has 2 N–H and O–H groups in total. The standard InChI is InChI=1S/C17H26ClN3O2/c1-12(15(22)19-10-17(2,3)11-21(4)5)20-16(23)13-6-8-14(18)9-7-13/h6-9,12H,10-11H2,1-5H3,(H,19,22)(H,20,23).